The summed E-state index contributed by atoms with van der Waals surface area (Å²) in [5.74, 6) is 3.17. The normalized spacial score (nSPS) is 26.5. The van der Waals surface area contributed by atoms with E-state index in [9.17, 15) is 0 Å². The maximum Gasteiger partial charge on any atom is 0.230 e. The Hall–Kier alpha value is -1.67. The van der Waals surface area contributed by atoms with Crippen LogP contribution in [-0.4, -0.2) is 56.5 Å². The lowest BCUT2D eigenvalue weighted by atomic mass is 9.87. The van der Waals surface area contributed by atoms with Gasteiger partial charge in [0.15, 0.2) is 5.16 Å². The molecule has 24 heavy (non-hydrogen) atoms. The summed E-state index contributed by atoms with van der Waals surface area (Å²) in [6.07, 6.45) is 7.50. The van der Waals surface area contributed by atoms with E-state index in [1.165, 1.54) is 19.3 Å². The van der Waals surface area contributed by atoms with Gasteiger partial charge >= 0.3 is 0 Å². The first kappa shape index (κ1) is 14.7. The van der Waals surface area contributed by atoms with Crippen molar-refractivity contribution < 1.29 is 4.42 Å². The smallest absolute Gasteiger partial charge is 0.230 e. The molecule has 126 valence electrons. The molecule has 2 aromatic heterocycles. The first-order chi connectivity index (χ1) is 11.8. The molecule has 4 fully saturated rings. The third kappa shape index (κ3) is 2.57. The number of anilines is 1. The molecule has 3 saturated heterocycles. The van der Waals surface area contributed by atoms with Crippen molar-refractivity contribution in [3.63, 3.8) is 0 Å². The zero-order valence-electron chi connectivity index (χ0n) is 13.6. The zero-order valence-corrected chi connectivity index (χ0v) is 14.4. The van der Waals surface area contributed by atoms with Crippen molar-refractivity contribution in [1.29, 1.82) is 0 Å². The van der Waals surface area contributed by atoms with Crippen LogP contribution in [-0.2, 0) is 6.54 Å². The number of fused-ring (bicyclic) bond motifs is 2. The van der Waals surface area contributed by atoms with Crippen LogP contribution in [0.1, 0.15) is 37.0 Å². The SMILES string of the molecule is CSc1nccc(N2CC3CC(C2)N3Cc2nnc(C3CC3)o2)n1. The van der Waals surface area contributed by atoms with Crippen LogP contribution in [0, 0.1) is 0 Å². The molecule has 4 aliphatic rings. The summed E-state index contributed by atoms with van der Waals surface area (Å²) in [4.78, 5) is 13.8. The van der Waals surface area contributed by atoms with E-state index >= 15 is 0 Å². The van der Waals surface area contributed by atoms with Crippen molar-refractivity contribution in [1.82, 2.24) is 25.1 Å². The van der Waals surface area contributed by atoms with E-state index in [0.717, 1.165) is 42.4 Å². The van der Waals surface area contributed by atoms with Gasteiger partial charge in [-0.25, -0.2) is 9.97 Å². The third-order valence-electron chi connectivity index (χ3n) is 5.20. The number of aromatic nitrogens is 4. The Balaban J connectivity index is 1.25. The van der Waals surface area contributed by atoms with Crippen LogP contribution in [0.15, 0.2) is 21.8 Å². The number of nitrogens with zero attached hydrogens (tertiary/aromatic N) is 6. The lowest BCUT2D eigenvalue weighted by Crippen LogP contribution is -2.68. The van der Waals surface area contributed by atoms with Crippen LogP contribution >= 0.6 is 11.8 Å². The van der Waals surface area contributed by atoms with Gasteiger partial charge in [0.2, 0.25) is 11.8 Å². The zero-order chi connectivity index (χ0) is 16.1. The van der Waals surface area contributed by atoms with Gasteiger partial charge in [-0.15, -0.1) is 10.2 Å². The second-order valence-corrected chi connectivity index (χ2v) is 7.60. The van der Waals surface area contributed by atoms with Gasteiger partial charge in [-0.2, -0.15) is 0 Å². The molecule has 2 aromatic rings. The van der Waals surface area contributed by atoms with Gasteiger partial charge in [0.05, 0.1) is 6.54 Å². The highest BCUT2D eigenvalue weighted by atomic mass is 32.2. The lowest BCUT2D eigenvalue weighted by molar-refractivity contribution is -0.0152. The van der Waals surface area contributed by atoms with E-state index < -0.39 is 0 Å². The Morgan fingerprint density at radius 3 is 2.83 bits per heavy atom. The number of hydrogen-bond donors (Lipinski definition) is 0. The van der Waals surface area contributed by atoms with E-state index in [1.54, 1.807) is 11.8 Å². The Kier molecular flexibility index (Phi) is 3.48. The molecule has 8 heteroatoms. The Morgan fingerprint density at radius 2 is 2.08 bits per heavy atom. The van der Waals surface area contributed by atoms with Crippen LogP contribution in [0.4, 0.5) is 5.82 Å². The van der Waals surface area contributed by atoms with E-state index in [2.05, 4.69) is 30.0 Å². The van der Waals surface area contributed by atoms with Gasteiger partial charge in [-0.3, -0.25) is 4.90 Å². The summed E-state index contributed by atoms with van der Waals surface area (Å²) < 4.78 is 5.82. The Bertz CT molecular complexity index is 736. The predicted molar refractivity (Wildman–Crippen MR) is 90.0 cm³/mol. The highest BCUT2D eigenvalue weighted by Crippen LogP contribution is 2.40. The molecule has 5 heterocycles. The molecule has 0 radical (unpaired) electrons. The van der Waals surface area contributed by atoms with Crippen LogP contribution in [0.5, 0.6) is 0 Å². The minimum Gasteiger partial charge on any atom is -0.424 e. The van der Waals surface area contributed by atoms with Crippen molar-refractivity contribution in [2.45, 2.75) is 49.0 Å². The minimum atomic E-state index is 0.529. The molecule has 1 aliphatic carbocycles. The summed E-state index contributed by atoms with van der Waals surface area (Å²) in [5.41, 5.74) is 0. The summed E-state index contributed by atoms with van der Waals surface area (Å²) in [5, 5.41) is 9.26. The predicted octanol–water partition coefficient (Wildman–Crippen LogP) is 1.92. The topological polar surface area (TPSA) is 71.2 Å². The van der Waals surface area contributed by atoms with Crippen molar-refractivity contribution in [3.8, 4) is 0 Å². The van der Waals surface area contributed by atoms with Crippen molar-refractivity contribution >= 4 is 17.6 Å². The van der Waals surface area contributed by atoms with Gasteiger partial charge in [-0.1, -0.05) is 11.8 Å². The first-order valence-corrected chi connectivity index (χ1v) is 9.72. The summed E-state index contributed by atoms with van der Waals surface area (Å²) in [7, 11) is 0. The first-order valence-electron chi connectivity index (χ1n) is 8.50. The molecule has 0 N–H and O–H groups in total. The van der Waals surface area contributed by atoms with Crippen LogP contribution < -0.4 is 4.90 Å². The Labute approximate surface area is 144 Å². The number of piperidine rings is 1. The van der Waals surface area contributed by atoms with E-state index in [1.807, 2.05) is 18.5 Å². The molecular weight excluding hydrogens is 324 g/mol. The molecule has 2 bridgehead atoms. The minimum absolute atomic E-state index is 0.529. The van der Waals surface area contributed by atoms with Crippen molar-refractivity contribution in [2.75, 3.05) is 24.2 Å². The molecule has 3 aliphatic heterocycles. The fourth-order valence-corrected chi connectivity index (χ4v) is 4.07. The van der Waals surface area contributed by atoms with E-state index in [4.69, 9.17) is 4.42 Å². The highest BCUT2D eigenvalue weighted by molar-refractivity contribution is 7.98. The molecule has 2 unspecified atom stereocenters. The number of piperazine rings is 1. The quantitative estimate of drug-likeness (QED) is 0.602. The van der Waals surface area contributed by atoms with Gasteiger partial charge < -0.3 is 9.32 Å². The molecule has 7 nitrogen and oxygen atoms in total. The monoisotopic (exact) mass is 344 g/mol. The molecule has 1 saturated carbocycles. The van der Waals surface area contributed by atoms with Crippen LogP contribution in [0.2, 0.25) is 0 Å². The van der Waals surface area contributed by atoms with E-state index in [-0.39, 0.29) is 0 Å². The second kappa shape index (κ2) is 5.70. The van der Waals surface area contributed by atoms with Crippen molar-refractivity contribution in [2.24, 2.45) is 0 Å². The maximum absolute atomic E-state index is 5.82. The van der Waals surface area contributed by atoms with Crippen LogP contribution in [0.3, 0.4) is 0 Å². The van der Waals surface area contributed by atoms with E-state index in [0.29, 0.717) is 18.0 Å². The molecule has 6 rings (SSSR count). The molecule has 0 aromatic carbocycles. The molecule has 0 amide bonds. The molecular formula is C16H20N6OS. The van der Waals surface area contributed by atoms with Gasteiger partial charge in [0.1, 0.15) is 5.82 Å². The number of rotatable bonds is 5. The molecule has 2 atom stereocenters. The number of thioether (sulfide) groups is 1. The largest absolute Gasteiger partial charge is 0.424 e. The fourth-order valence-electron chi connectivity index (χ4n) is 3.72. The summed E-state index contributed by atoms with van der Waals surface area (Å²) in [6, 6.07) is 3.11. The van der Waals surface area contributed by atoms with Crippen molar-refractivity contribution in [3.05, 3.63) is 24.0 Å². The Morgan fingerprint density at radius 1 is 1.25 bits per heavy atom. The second-order valence-electron chi connectivity index (χ2n) is 6.83. The standard InChI is InChI=1S/C16H20N6OS/c1-24-16-17-5-4-13(18-16)21-7-11-6-12(8-21)22(11)9-14-19-20-15(23-14)10-2-3-10/h4-5,10-12H,2-3,6-9H2,1H3. The summed E-state index contributed by atoms with van der Waals surface area (Å²) in [6.45, 7) is 2.79. The molecule has 0 spiro atoms. The maximum atomic E-state index is 5.82. The average molecular weight is 344 g/mol. The van der Waals surface area contributed by atoms with Gasteiger partial charge in [0.25, 0.3) is 0 Å². The summed E-state index contributed by atoms with van der Waals surface area (Å²) >= 11 is 1.58. The third-order valence-corrected chi connectivity index (χ3v) is 5.76. The van der Waals surface area contributed by atoms with Gasteiger partial charge in [0, 0.05) is 37.3 Å². The highest BCUT2D eigenvalue weighted by Gasteiger charge is 2.45. The van der Waals surface area contributed by atoms with Gasteiger partial charge in [-0.05, 0) is 31.6 Å². The fraction of sp³-hybridized carbons (Fsp3) is 0.625. The average Bonchev–Trinajstić information content (AvgIpc) is 3.38. The number of hydrogen-bond acceptors (Lipinski definition) is 8. The lowest BCUT2D eigenvalue weighted by Gasteiger charge is -2.56. The van der Waals surface area contributed by atoms with Crippen LogP contribution in [0.25, 0.3) is 0 Å².